The minimum absolute atomic E-state index is 0.0934. The summed E-state index contributed by atoms with van der Waals surface area (Å²) in [6.07, 6.45) is 3.53. The molecule has 9 nitrogen and oxygen atoms in total. The first kappa shape index (κ1) is 24.0. The molecule has 0 aromatic heterocycles. The highest BCUT2D eigenvalue weighted by Crippen LogP contribution is 2.33. The smallest absolute Gasteiger partial charge is 0.326 e. The minimum Gasteiger partial charge on any atom is -0.496 e. The summed E-state index contributed by atoms with van der Waals surface area (Å²) < 4.78 is 15.9. The Morgan fingerprint density at radius 2 is 1.94 bits per heavy atom. The zero-order chi connectivity index (χ0) is 23.8. The zero-order valence-corrected chi connectivity index (χ0v) is 18.9. The second kappa shape index (κ2) is 11.3. The first-order valence-electron chi connectivity index (χ1n) is 10.0. The van der Waals surface area contributed by atoms with Crippen LogP contribution in [0, 0.1) is 0 Å². The molecule has 0 aliphatic carbocycles. The van der Waals surface area contributed by atoms with Gasteiger partial charge < -0.3 is 30.0 Å². The summed E-state index contributed by atoms with van der Waals surface area (Å²) in [6, 6.07) is 10.5. The second-order valence-corrected chi connectivity index (χ2v) is 7.96. The van der Waals surface area contributed by atoms with Gasteiger partial charge in [0.15, 0.2) is 11.5 Å². The number of carbonyl (C=O) groups is 3. The van der Waals surface area contributed by atoms with Gasteiger partial charge in [0.2, 0.25) is 6.79 Å². The topological polar surface area (TPSA) is 123 Å². The number of amides is 2. The van der Waals surface area contributed by atoms with E-state index in [2.05, 4.69) is 10.6 Å². The van der Waals surface area contributed by atoms with Crippen molar-refractivity contribution >= 4 is 35.6 Å². The monoisotopic (exact) mass is 472 g/mol. The second-order valence-electron chi connectivity index (χ2n) is 6.97. The average Bonchev–Trinajstić information content (AvgIpc) is 3.28. The molecule has 2 aromatic carbocycles. The van der Waals surface area contributed by atoms with Gasteiger partial charge in [-0.3, -0.25) is 9.59 Å². The summed E-state index contributed by atoms with van der Waals surface area (Å²) >= 11 is 1.47. The van der Waals surface area contributed by atoms with Crippen LogP contribution in [0.1, 0.15) is 22.3 Å². The van der Waals surface area contributed by atoms with Gasteiger partial charge in [0.05, 0.1) is 12.7 Å². The molecule has 3 rings (SSSR count). The number of aliphatic carboxylic acids is 1. The van der Waals surface area contributed by atoms with E-state index in [0.717, 1.165) is 0 Å². The van der Waals surface area contributed by atoms with Crippen LogP contribution in [-0.4, -0.2) is 54.8 Å². The van der Waals surface area contributed by atoms with Gasteiger partial charge in [0, 0.05) is 0 Å². The first-order chi connectivity index (χ1) is 15.9. The Morgan fingerprint density at radius 3 is 2.67 bits per heavy atom. The minimum atomic E-state index is -1.16. The Kier molecular flexibility index (Phi) is 8.20. The third kappa shape index (κ3) is 6.19. The molecule has 3 N–H and O–H groups in total. The molecule has 2 amide bonds. The summed E-state index contributed by atoms with van der Waals surface area (Å²) in [6.45, 7) is 0.0934. The Labute approximate surface area is 195 Å². The molecular weight excluding hydrogens is 448 g/mol. The van der Waals surface area contributed by atoms with Crippen molar-refractivity contribution in [3.63, 3.8) is 0 Å². The van der Waals surface area contributed by atoms with Gasteiger partial charge in [-0.25, -0.2) is 4.79 Å². The Morgan fingerprint density at radius 1 is 1.18 bits per heavy atom. The number of fused-ring (bicyclic) bond motifs is 1. The fourth-order valence-electron chi connectivity index (χ4n) is 3.08. The molecule has 1 atom stereocenters. The quantitative estimate of drug-likeness (QED) is 0.451. The Bertz CT molecular complexity index is 1070. The lowest BCUT2D eigenvalue weighted by atomic mass is 10.1. The van der Waals surface area contributed by atoms with E-state index in [0.29, 0.717) is 28.6 Å². The number of rotatable bonds is 10. The van der Waals surface area contributed by atoms with Crippen molar-refractivity contribution in [1.82, 2.24) is 10.6 Å². The van der Waals surface area contributed by atoms with Gasteiger partial charge in [-0.2, -0.15) is 11.8 Å². The maximum atomic E-state index is 13.0. The van der Waals surface area contributed by atoms with E-state index < -0.39 is 23.8 Å². The number of carboxylic acid groups (broad SMARTS) is 1. The number of benzene rings is 2. The van der Waals surface area contributed by atoms with Crippen molar-refractivity contribution in [2.75, 3.05) is 25.9 Å². The van der Waals surface area contributed by atoms with Gasteiger partial charge in [-0.1, -0.05) is 18.2 Å². The van der Waals surface area contributed by atoms with E-state index in [1.165, 1.54) is 24.9 Å². The number of carbonyl (C=O) groups excluding carboxylic acids is 2. The molecule has 33 heavy (non-hydrogen) atoms. The van der Waals surface area contributed by atoms with Crippen molar-refractivity contribution in [1.29, 1.82) is 0 Å². The number of methoxy groups -OCH3 is 1. The van der Waals surface area contributed by atoms with Gasteiger partial charge in [0.1, 0.15) is 17.5 Å². The van der Waals surface area contributed by atoms with Crippen molar-refractivity contribution in [2.45, 2.75) is 12.5 Å². The van der Waals surface area contributed by atoms with Gasteiger partial charge >= 0.3 is 5.97 Å². The van der Waals surface area contributed by atoms with Crippen LogP contribution in [-0.2, 0) is 9.59 Å². The number of hydrogen-bond acceptors (Lipinski definition) is 7. The molecule has 0 saturated carbocycles. The van der Waals surface area contributed by atoms with Crippen LogP contribution in [0.3, 0.4) is 0 Å². The van der Waals surface area contributed by atoms with Crippen LogP contribution in [0.25, 0.3) is 6.08 Å². The summed E-state index contributed by atoms with van der Waals surface area (Å²) in [4.78, 5) is 37.6. The molecule has 2 aromatic rings. The maximum Gasteiger partial charge on any atom is 0.326 e. The summed E-state index contributed by atoms with van der Waals surface area (Å²) in [5.74, 6) is -0.513. The van der Waals surface area contributed by atoms with Crippen LogP contribution in [0.15, 0.2) is 48.2 Å². The number of ether oxygens (including phenoxy) is 3. The number of thioether (sulfide) groups is 1. The zero-order valence-electron chi connectivity index (χ0n) is 18.1. The van der Waals surface area contributed by atoms with E-state index in [-0.39, 0.29) is 24.5 Å². The summed E-state index contributed by atoms with van der Waals surface area (Å²) in [7, 11) is 1.44. The summed E-state index contributed by atoms with van der Waals surface area (Å²) in [5.41, 5.74) is 0.655. The van der Waals surface area contributed by atoms with Crippen LogP contribution in [0.2, 0.25) is 0 Å². The Balaban J connectivity index is 1.90. The predicted molar refractivity (Wildman–Crippen MR) is 124 cm³/mol. The van der Waals surface area contributed by atoms with E-state index in [4.69, 9.17) is 14.2 Å². The average molecular weight is 473 g/mol. The molecule has 0 fully saturated rings. The molecule has 10 heteroatoms. The highest BCUT2D eigenvalue weighted by molar-refractivity contribution is 7.98. The van der Waals surface area contributed by atoms with Gasteiger partial charge in [-0.15, -0.1) is 0 Å². The number of para-hydroxylation sites is 1. The molecule has 0 radical (unpaired) electrons. The summed E-state index contributed by atoms with van der Waals surface area (Å²) in [5, 5.41) is 14.5. The van der Waals surface area contributed by atoms with E-state index in [1.807, 2.05) is 6.26 Å². The SMILES string of the molecule is COc1ccccc1C(=O)N/C(=C/c1ccc2c(c1)OCO2)C(=O)NC(CCSC)C(=O)O. The number of carboxylic acids is 1. The van der Waals surface area contributed by atoms with Crippen LogP contribution in [0.5, 0.6) is 17.2 Å². The van der Waals surface area contributed by atoms with Crippen LogP contribution < -0.4 is 24.8 Å². The van der Waals surface area contributed by atoms with Crippen molar-refractivity contribution < 1.29 is 33.7 Å². The van der Waals surface area contributed by atoms with Crippen molar-refractivity contribution in [3.8, 4) is 17.2 Å². The molecule has 0 spiro atoms. The lowest BCUT2D eigenvalue weighted by molar-refractivity contribution is -0.141. The van der Waals surface area contributed by atoms with Gasteiger partial charge in [0.25, 0.3) is 11.8 Å². The van der Waals surface area contributed by atoms with E-state index >= 15 is 0 Å². The predicted octanol–water partition coefficient (Wildman–Crippen LogP) is 2.52. The molecule has 1 aliphatic rings. The van der Waals surface area contributed by atoms with Crippen molar-refractivity contribution in [3.05, 3.63) is 59.3 Å². The molecule has 1 unspecified atom stereocenters. The molecule has 174 valence electrons. The molecular formula is C23H24N2O7S. The van der Waals surface area contributed by atoms with Crippen LogP contribution >= 0.6 is 11.8 Å². The Hall–Kier alpha value is -3.66. The molecule has 1 aliphatic heterocycles. The molecule has 0 bridgehead atoms. The third-order valence-corrected chi connectivity index (χ3v) is 5.41. The van der Waals surface area contributed by atoms with Crippen LogP contribution in [0.4, 0.5) is 0 Å². The lowest BCUT2D eigenvalue weighted by Crippen LogP contribution is -2.44. The molecule has 0 saturated heterocycles. The van der Waals surface area contributed by atoms with Crippen molar-refractivity contribution in [2.24, 2.45) is 0 Å². The highest BCUT2D eigenvalue weighted by atomic mass is 32.2. The number of hydrogen-bond donors (Lipinski definition) is 3. The largest absolute Gasteiger partial charge is 0.496 e. The normalized spacial score (nSPS) is 13.2. The fraction of sp³-hybridized carbons (Fsp3) is 0.261. The lowest BCUT2D eigenvalue weighted by Gasteiger charge is -2.17. The van der Waals surface area contributed by atoms with Gasteiger partial charge in [-0.05, 0) is 54.3 Å². The molecule has 1 heterocycles. The third-order valence-electron chi connectivity index (χ3n) is 4.77. The fourth-order valence-corrected chi connectivity index (χ4v) is 3.55. The number of nitrogens with one attached hydrogen (secondary N) is 2. The standard InChI is InChI=1S/C23H24N2O7S/c1-30-18-6-4-3-5-15(18)21(26)25-17(22(27)24-16(23(28)29)9-10-33-2)11-14-7-8-19-20(12-14)32-13-31-19/h3-8,11-12,16H,9-10,13H2,1-2H3,(H,24,27)(H,25,26)(H,28,29)/b17-11+. The first-order valence-corrected chi connectivity index (χ1v) is 11.4. The maximum absolute atomic E-state index is 13.0. The highest BCUT2D eigenvalue weighted by Gasteiger charge is 2.24. The van der Waals surface area contributed by atoms with E-state index in [9.17, 15) is 19.5 Å². The van der Waals surface area contributed by atoms with E-state index in [1.54, 1.807) is 42.5 Å².